The quantitative estimate of drug-likeness (QED) is 0.254. The molecule has 8 nitrogen and oxygen atoms in total. The molecule has 0 aromatic heterocycles. The van der Waals surface area contributed by atoms with Gasteiger partial charge in [-0.1, -0.05) is 68.5 Å². The maximum atomic E-state index is 12.7. The van der Waals surface area contributed by atoms with Gasteiger partial charge in [0.1, 0.15) is 11.9 Å². The predicted molar refractivity (Wildman–Crippen MR) is 122 cm³/mol. The number of hydrogen-bond donors (Lipinski definition) is 4. The van der Waals surface area contributed by atoms with Crippen LogP contribution in [0.2, 0.25) is 0 Å². The lowest BCUT2D eigenvalue weighted by Gasteiger charge is -2.32. The van der Waals surface area contributed by atoms with Crippen molar-refractivity contribution in [1.82, 2.24) is 10.8 Å². The molecule has 3 rings (SSSR count). The van der Waals surface area contributed by atoms with E-state index in [2.05, 4.69) is 5.32 Å². The molecule has 0 aliphatic rings. The monoisotopic (exact) mass is 448 g/mol. The highest BCUT2D eigenvalue weighted by molar-refractivity contribution is 6.03. The van der Waals surface area contributed by atoms with Gasteiger partial charge in [0.2, 0.25) is 0 Å². The molecule has 0 aliphatic carbocycles. The van der Waals surface area contributed by atoms with E-state index in [0.29, 0.717) is 21.9 Å². The summed E-state index contributed by atoms with van der Waals surface area (Å²) in [5, 5.41) is 22.5. The van der Waals surface area contributed by atoms with E-state index in [4.69, 9.17) is 9.94 Å². The fraction of sp³-hybridized carbons (Fsp3) is 0.160. The van der Waals surface area contributed by atoms with Crippen LogP contribution >= 0.6 is 0 Å². The minimum absolute atomic E-state index is 0.0600. The van der Waals surface area contributed by atoms with Crippen LogP contribution in [0.15, 0.2) is 78.9 Å². The number of phenolic OH excluding ortho intramolecular Hbond substituents is 1. The molecule has 170 valence electrons. The topological polar surface area (TPSA) is 125 Å². The van der Waals surface area contributed by atoms with Gasteiger partial charge in [-0.15, -0.1) is 0 Å². The summed E-state index contributed by atoms with van der Waals surface area (Å²) in [4.78, 5) is 36.7. The molecule has 8 heteroatoms. The molecule has 0 unspecified atom stereocenters. The number of hydroxylamine groups is 1. The molecule has 33 heavy (non-hydrogen) atoms. The number of aromatic hydroxyl groups is 1. The standard InChI is InChI=1S/C25H24N2O6/c1-25(2,15-14-21(29)27-32)22(19-12-13-20(28)18-11-7-6-10-17(18)19)33-24(31)26-23(30)16-8-4-3-5-9-16/h3-15,22,28,32H,1-2H3,(H,27,29)(H,26,30,31)/b15-14+/t22-/m0/s1. The van der Waals surface area contributed by atoms with Crippen molar-refractivity contribution >= 4 is 28.7 Å². The highest BCUT2D eigenvalue weighted by atomic mass is 16.6. The van der Waals surface area contributed by atoms with Crippen LogP contribution in [-0.2, 0) is 9.53 Å². The van der Waals surface area contributed by atoms with E-state index in [1.807, 2.05) is 0 Å². The Balaban J connectivity index is 1.99. The molecule has 3 amide bonds. The molecular weight excluding hydrogens is 424 g/mol. The van der Waals surface area contributed by atoms with Crippen LogP contribution in [0, 0.1) is 5.41 Å². The summed E-state index contributed by atoms with van der Waals surface area (Å²) in [5.74, 6) is -1.31. The third-order valence-electron chi connectivity index (χ3n) is 5.14. The largest absolute Gasteiger partial charge is 0.507 e. The Labute approximate surface area is 190 Å². The summed E-state index contributed by atoms with van der Waals surface area (Å²) in [5.41, 5.74) is 1.41. The average molecular weight is 448 g/mol. The minimum Gasteiger partial charge on any atom is -0.507 e. The van der Waals surface area contributed by atoms with Gasteiger partial charge >= 0.3 is 6.09 Å². The third-order valence-corrected chi connectivity index (χ3v) is 5.14. The zero-order valence-corrected chi connectivity index (χ0v) is 18.1. The van der Waals surface area contributed by atoms with Gasteiger partial charge in [-0.25, -0.2) is 10.3 Å². The van der Waals surface area contributed by atoms with E-state index in [1.54, 1.807) is 74.5 Å². The van der Waals surface area contributed by atoms with Gasteiger partial charge in [0.25, 0.3) is 11.8 Å². The number of phenols is 1. The molecule has 0 heterocycles. The van der Waals surface area contributed by atoms with Crippen LogP contribution in [0.3, 0.4) is 0 Å². The second-order valence-corrected chi connectivity index (χ2v) is 7.96. The smallest absolute Gasteiger partial charge is 0.414 e. The summed E-state index contributed by atoms with van der Waals surface area (Å²) in [6.07, 6.45) is 0.664. The fourth-order valence-corrected chi connectivity index (χ4v) is 3.46. The number of benzene rings is 3. The predicted octanol–water partition coefficient (Wildman–Crippen LogP) is 4.24. The Morgan fingerprint density at radius 1 is 0.939 bits per heavy atom. The minimum atomic E-state index is -0.973. The van der Waals surface area contributed by atoms with E-state index in [-0.39, 0.29) is 5.75 Å². The number of rotatable bonds is 6. The Kier molecular flexibility index (Phi) is 7.10. The van der Waals surface area contributed by atoms with Crippen LogP contribution in [0.25, 0.3) is 10.8 Å². The molecule has 3 aromatic carbocycles. The van der Waals surface area contributed by atoms with Crippen molar-refractivity contribution in [2.24, 2.45) is 5.41 Å². The molecule has 0 saturated carbocycles. The van der Waals surface area contributed by atoms with E-state index < -0.39 is 29.4 Å². The molecule has 1 atom stereocenters. The Morgan fingerprint density at radius 2 is 1.58 bits per heavy atom. The molecule has 0 fully saturated rings. The second-order valence-electron chi connectivity index (χ2n) is 7.96. The molecule has 0 spiro atoms. The van der Waals surface area contributed by atoms with Crippen LogP contribution in [0.5, 0.6) is 5.75 Å². The van der Waals surface area contributed by atoms with Gasteiger partial charge in [0.05, 0.1) is 0 Å². The highest BCUT2D eigenvalue weighted by Crippen LogP contribution is 2.42. The van der Waals surface area contributed by atoms with E-state index >= 15 is 0 Å². The molecular formula is C25H24N2O6. The van der Waals surface area contributed by atoms with Crippen molar-refractivity contribution in [3.63, 3.8) is 0 Å². The zero-order chi connectivity index (χ0) is 24.0. The van der Waals surface area contributed by atoms with Crippen molar-refractivity contribution in [3.05, 3.63) is 90.0 Å². The van der Waals surface area contributed by atoms with Crippen LogP contribution in [0.4, 0.5) is 4.79 Å². The summed E-state index contributed by atoms with van der Waals surface area (Å²) < 4.78 is 5.71. The normalized spacial score (nSPS) is 12.3. The van der Waals surface area contributed by atoms with Gasteiger partial charge in [-0.3, -0.25) is 20.1 Å². The number of imide groups is 1. The Bertz CT molecular complexity index is 1200. The maximum Gasteiger partial charge on any atom is 0.414 e. The summed E-state index contributed by atoms with van der Waals surface area (Å²) in [7, 11) is 0. The number of nitrogens with one attached hydrogen (secondary N) is 2. The van der Waals surface area contributed by atoms with E-state index in [1.165, 1.54) is 17.6 Å². The van der Waals surface area contributed by atoms with Crippen molar-refractivity contribution < 1.29 is 29.4 Å². The molecule has 4 N–H and O–H groups in total. The first-order chi connectivity index (χ1) is 15.7. The van der Waals surface area contributed by atoms with Gasteiger partial charge in [0.15, 0.2) is 0 Å². The highest BCUT2D eigenvalue weighted by Gasteiger charge is 2.34. The number of alkyl carbamates (subject to hydrolysis) is 1. The number of amides is 3. The maximum absolute atomic E-state index is 12.7. The van der Waals surface area contributed by atoms with Crippen LogP contribution < -0.4 is 10.8 Å². The lowest BCUT2D eigenvalue weighted by molar-refractivity contribution is -0.124. The third kappa shape index (κ3) is 5.55. The van der Waals surface area contributed by atoms with Crippen molar-refractivity contribution in [2.45, 2.75) is 20.0 Å². The van der Waals surface area contributed by atoms with E-state index in [0.717, 1.165) is 6.08 Å². The van der Waals surface area contributed by atoms with Gasteiger partial charge in [-0.05, 0) is 23.6 Å². The zero-order valence-electron chi connectivity index (χ0n) is 18.1. The second kappa shape index (κ2) is 9.97. The number of hydrogen-bond acceptors (Lipinski definition) is 6. The first-order valence-corrected chi connectivity index (χ1v) is 10.1. The van der Waals surface area contributed by atoms with Gasteiger partial charge in [-0.2, -0.15) is 0 Å². The molecule has 0 bridgehead atoms. The number of carbonyl (C=O) groups excluding carboxylic acids is 3. The molecule has 0 aliphatic heterocycles. The number of fused-ring (bicyclic) bond motifs is 1. The first-order valence-electron chi connectivity index (χ1n) is 10.1. The van der Waals surface area contributed by atoms with Gasteiger partial charge in [0, 0.05) is 28.0 Å². The number of carbonyl (C=O) groups is 3. The molecule has 3 aromatic rings. The lowest BCUT2D eigenvalue weighted by Crippen LogP contribution is -2.35. The Morgan fingerprint density at radius 3 is 2.24 bits per heavy atom. The van der Waals surface area contributed by atoms with Crippen molar-refractivity contribution in [2.75, 3.05) is 0 Å². The van der Waals surface area contributed by atoms with Crippen molar-refractivity contribution in [1.29, 1.82) is 0 Å². The summed E-state index contributed by atoms with van der Waals surface area (Å²) in [6.45, 7) is 3.46. The lowest BCUT2D eigenvalue weighted by atomic mass is 9.80. The van der Waals surface area contributed by atoms with Crippen LogP contribution in [0.1, 0.15) is 35.9 Å². The van der Waals surface area contributed by atoms with Gasteiger partial charge < -0.3 is 9.84 Å². The number of ether oxygens (including phenoxy) is 1. The SMILES string of the molecule is CC(C)(/C=C/C(=O)NO)[C@@H](OC(=O)NC(=O)c1ccccc1)c1ccc(O)c2ccccc12. The van der Waals surface area contributed by atoms with Crippen LogP contribution in [-0.4, -0.2) is 28.2 Å². The Hall–Kier alpha value is -4.17. The van der Waals surface area contributed by atoms with Crippen molar-refractivity contribution in [3.8, 4) is 5.75 Å². The molecule has 0 radical (unpaired) electrons. The first kappa shape index (κ1) is 23.5. The molecule has 0 saturated heterocycles. The fourth-order valence-electron chi connectivity index (χ4n) is 3.46. The summed E-state index contributed by atoms with van der Waals surface area (Å²) in [6, 6.07) is 18.4. The van der Waals surface area contributed by atoms with E-state index in [9.17, 15) is 19.5 Å². The average Bonchev–Trinajstić information content (AvgIpc) is 2.82. The summed E-state index contributed by atoms with van der Waals surface area (Å²) >= 11 is 0.